The quantitative estimate of drug-likeness (QED) is 0.423. The zero-order valence-corrected chi connectivity index (χ0v) is 11.9. The average Bonchev–Trinajstić information content (AvgIpc) is 3.03. The Bertz CT molecular complexity index is 779. The van der Waals surface area contributed by atoms with Gasteiger partial charge in [-0.15, -0.1) is 0 Å². The van der Waals surface area contributed by atoms with Gasteiger partial charge in [-0.1, -0.05) is 0 Å². The van der Waals surface area contributed by atoms with Crippen LogP contribution in [0, 0.1) is 0 Å². The molecule has 0 aliphatic carbocycles. The van der Waals surface area contributed by atoms with E-state index in [1.807, 2.05) is 0 Å². The number of rotatable bonds is 4. The Morgan fingerprint density at radius 3 is 2.87 bits per heavy atom. The van der Waals surface area contributed by atoms with Gasteiger partial charge in [-0.2, -0.15) is 4.98 Å². The maximum Gasteiger partial charge on any atom is 0.280 e. The van der Waals surface area contributed by atoms with Gasteiger partial charge < -0.3 is 25.8 Å². The summed E-state index contributed by atoms with van der Waals surface area (Å²) in [5.41, 5.74) is 3.05. The third kappa shape index (κ3) is 2.20. The number of imidazole rings is 1. The Labute approximate surface area is 128 Å². The summed E-state index contributed by atoms with van der Waals surface area (Å²) in [6.45, 7) is -1.46. The number of fused-ring (bicyclic) bond motifs is 1. The first-order chi connectivity index (χ1) is 10.9. The molecule has 11 heteroatoms. The average molecular weight is 329 g/mol. The predicted octanol–water partition coefficient (Wildman–Crippen LogP) is -2.17. The van der Waals surface area contributed by atoms with Gasteiger partial charge in [-0.05, 0) is 0 Å². The van der Waals surface area contributed by atoms with Gasteiger partial charge in [-0.25, -0.2) is 4.98 Å². The number of nitrogens with one attached hydrogen (secondary N) is 1. The summed E-state index contributed by atoms with van der Waals surface area (Å²) in [4.78, 5) is 21.9. The zero-order valence-electron chi connectivity index (χ0n) is 11.9. The summed E-state index contributed by atoms with van der Waals surface area (Å²) in [5.74, 6) is -0.189. The number of H-pyrrole nitrogens is 1. The second-order valence-electron chi connectivity index (χ2n) is 5.30. The van der Waals surface area contributed by atoms with E-state index in [1.54, 1.807) is 0 Å². The topological polar surface area (TPSA) is 160 Å². The van der Waals surface area contributed by atoms with E-state index in [2.05, 4.69) is 15.0 Å². The van der Waals surface area contributed by atoms with Crippen molar-refractivity contribution in [2.24, 2.45) is 0 Å². The van der Waals surface area contributed by atoms with Crippen LogP contribution in [0.3, 0.4) is 0 Å². The highest BCUT2D eigenvalue weighted by Crippen LogP contribution is 2.39. The van der Waals surface area contributed by atoms with Gasteiger partial charge in [0.2, 0.25) is 5.95 Å². The molecule has 0 saturated carbocycles. The minimum atomic E-state index is -1.76. The van der Waals surface area contributed by atoms with Gasteiger partial charge in [0.05, 0.1) is 19.6 Å². The third-order valence-corrected chi connectivity index (χ3v) is 3.99. The molecule has 23 heavy (non-hydrogen) atoms. The third-order valence-electron chi connectivity index (χ3n) is 3.99. The summed E-state index contributed by atoms with van der Waals surface area (Å²) in [6, 6.07) is 0. The first kappa shape index (κ1) is 15.8. The van der Waals surface area contributed by atoms with Crippen molar-refractivity contribution >= 4 is 17.1 Å². The van der Waals surface area contributed by atoms with E-state index in [0.29, 0.717) is 0 Å². The van der Waals surface area contributed by atoms with Crippen LogP contribution in [-0.4, -0.2) is 66.4 Å². The van der Waals surface area contributed by atoms with Crippen molar-refractivity contribution in [3.63, 3.8) is 0 Å². The molecule has 0 aromatic carbocycles. The van der Waals surface area contributed by atoms with E-state index >= 15 is 0 Å². The molecule has 1 saturated heterocycles. The Hall–Kier alpha value is -2.08. The molecule has 0 bridgehead atoms. The predicted molar refractivity (Wildman–Crippen MR) is 75.1 cm³/mol. The van der Waals surface area contributed by atoms with E-state index in [9.17, 15) is 24.5 Å². The Morgan fingerprint density at radius 2 is 2.26 bits per heavy atom. The highest BCUT2D eigenvalue weighted by Gasteiger charge is 2.55. The number of nitrogens with two attached hydrogens (primary N) is 1. The number of aromatic nitrogens is 4. The number of alkyl halides is 1. The minimum absolute atomic E-state index is 0.0236. The Balaban J connectivity index is 2.22. The molecular formula is C12H16FN5O5. The molecule has 0 radical (unpaired) electrons. The monoisotopic (exact) mass is 329 g/mol. The van der Waals surface area contributed by atoms with E-state index < -0.39 is 42.9 Å². The first-order valence-electron chi connectivity index (χ1n) is 6.88. The largest absolute Gasteiger partial charge is 0.394 e. The maximum absolute atomic E-state index is 13.1. The number of halogens is 1. The normalized spacial score (nSPS) is 31.0. The highest BCUT2D eigenvalue weighted by atomic mass is 19.1. The second kappa shape index (κ2) is 5.53. The van der Waals surface area contributed by atoms with Gasteiger partial charge in [0.25, 0.3) is 5.56 Å². The smallest absolute Gasteiger partial charge is 0.280 e. The zero-order chi connectivity index (χ0) is 16.8. The molecule has 1 aliphatic rings. The van der Waals surface area contributed by atoms with Gasteiger partial charge in [0, 0.05) is 6.42 Å². The number of hydrogen-bond acceptors (Lipinski definition) is 8. The van der Waals surface area contributed by atoms with Gasteiger partial charge >= 0.3 is 0 Å². The standard InChI is InChI=1S/C12H16FN5O5/c13-2-1-12(8(21)7(20)5(3-19)23-12)18-4-15-6-9(18)16-11(14)17-10(6)22/h4-5,7-8,19-21H,1-3H2,(H3,14,16,17,22)/t5-,7-,8-,12-/m1/s1. The fraction of sp³-hybridized carbons (Fsp3) is 0.583. The summed E-state index contributed by atoms with van der Waals surface area (Å²) in [7, 11) is 0. The number of aliphatic hydroxyl groups excluding tert-OH is 3. The lowest BCUT2D eigenvalue weighted by molar-refractivity contribution is -0.152. The van der Waals surface area contributed by atoms with Crippen LogP contribution in [0.5, 0.6) is 0 Å². The lowest BCUT2D eigenvalue weighted by Crippen LogP contribution is -2.46. The summed E-state index contributed by atoms with van der Waals surface area (Å²) >= 11 is 0. The lowest BCUT2D eigenvalue weighted by atomic mass is 9.99. The number of anilines is 1. The molecule has 2 aromatic rings. The van der Waals surface area contributed by atoms with Crippen molar-refractivity contribution < 1.29 is 24.4 Å². The van der Waals surface area contributed by atoms with Crippen LogP contribution in [0.2, 0.25) is 0 Å². The van der Waals surface area contributed by atoms with E-state index in [4.69, 9.17) is 10.5 Å². The molecule has 3 heterocycles. The number of hydrogen-bond donors (Lipinski definition) is 5. The van der Waals surface area contributed by atoms with Gasteiger partial charge in [-0.3, -0.25) is 18.7 Å². The molecule has 1 aliphatic heterocycles. The van der Waals surface area contributed by atoms with E-state index in [0.717, 1.165) is 10.9 Å². The first-order valence-corrected chi connectivity index (χ1v) is 6.88. The van der Waals surface area contributed by atoms with Crippen LogP contribution in [0.1, 0.15) is 6.42 Å². The molecule has 0 unspecified atom stereocenters. The van der Waals surface area contributed by atoms with Crippen molar-refractivity contribution in [1.29, 1.82) is 0 Å². The molecule has 10 nitrogen and oxygen atoms in total. The number of ether oxygens (including phenoxy) is 1. The Morgan fingerprint density at radius 1 is 1.52 bits per heavy atom. The minimum Gasteiger partial charge on any atom is -0.394 e. The molecule has 1 fully saturated rings. The molecule has 4 atom stereocenters. The van der Waals surface area contributed by atoms with Crippen molar-refractivity contribution in [2.75, 3.05) is 19.0 Å². The van der Waals surface area contributed by atoms with Crippen molar-refractivity contribution in [2.45, 2.75) is 30.5 Å². The molecule has 0 spiro atoms. The maximum atomic E-state index is 13.1. The number of nitrogens with zero attached hydrogens (tertiary/aromatic N) is 3. The summed E-state index contributed by atoms with van der Waals surface area (Å²) in [5, 5.41) is 29.6. The van der Waals surface area contributed by atoms with Crippen molar-refractivity contribution in [3.8, 4) is 0 Å². The van der Waals surface area contributed by atoms with Crippen molar-refractivity contribution in [3.05, 3.63) is 16.7 Å². The molecule has 3 rings (SSSR count). The van der Waals surface area contributed by atoms with E-state index in [-0.39, 0.29) is 23.5 Å². The second-order valence-corrected chi connectivity index (χ2v) is 5.30. The lowest BCUT2D eigenvalue weighted by Gasteiger charge is -2.32. The number of aromatic amines is 1. The number of aliphatic hydroxyl groups is 3. The highest BCUT2D eigenvalue weighted by molar-refractivity contribution is 5.70. The van der Waals surface area contributed by atoms with Crippen LogP contribution in [0.4, 0.5) is 10.3 Å². The number of nitrogen functional groups attached to an aromatic ring is 1. The molecule has 126 valence electrons. The van der Waals surface area contributed by atoms with Gasteiger partial charge in [0.1, 0.15) is 18.3 Å². The van der Waals surface area contributed by atoms with E-state index in [1.165, 1.54) is 0 Å². The Kier molecular flexibility index (Phi) is 3.80. The van der Waals surface area contributed by atoms with Crippen LogP contribution in [0.15, 0.2) is 11.1 Å². The fourth-order valence-corrected chi connectivity index (χ4v) is 2.88. The summed E-state index contributed by atoms with van der Waals surface area (Å²) in [6.07, 6.45) is -3.31. The molecule has 2 aromatic heterocycles. The fourth-order valence-electron chi connectivity index (χ4n) is 2.88. The molecule has 0 amide bonds. The SMILES string of the molecule is Nc1nc2c(ncn2[C@]2(CCF)O[C@H](CO)[C@@H](O)[C@H]2O)c(=O)[nH]1. The summed E-state index contributed by atoms with van der Waals surface area (Å²) < 4.78 is 19.8. The van der Waals surface area contributed by atoms with Crippen LogP contribution < -0.4 is 11.3 Å². The van der Waals surface area contributed by atoms with Gasteiger partial charge in [0.15, 0.2) is 16.9 Å². The molecular weight excluding hydrogens is 313 g/mol. The van der Waals surface area contributed by atoms with Crippen LogP contribution >= 0.6 is 0 Å². The van der Waals surface area contributed by atoms with Crippen molar-refractivity contribution in [1.82, 2.24) is 19.5 Å². The van der Waals surface area contributed by atoms with Crippen LogP contribution in [-0.2, 0) is 10.5 Å². The van der Waals surface area contributed by atoms with Crippen LogP contribution in [0.25, 0.3) is 11.2 Å². The molecule has 6 N–H and O–H groups in total.